The summed E-state index contributed by atoms with van der Waals surface area (Å²) in [6.07, 6.45) is 2.35. The molecule has 0 bridgehead atoms. The average molecular weight is 270 g/mol. The van der Waals surface area contributed by atoms with Crippen LogP contribution in [0.1, 0.15) is 52.5 Å². The van der Waals surface area contributed by atoms with Gasteiger partial charge in [-0.2, -0.15) is 0 Å². The third kappa shape index (κ3) is 6.54. The normalized spacial score (nSPS) is 12.9. The number of unbranched alkanes of at least 4 members (excludes halogenated alkanes) is 1. The van der Waals surface area contributed by atoms with Crippen molar-refractivity contribution in [3.8, 4) is 0 Å². The van der Waals surface area contributed by atoms with E-state index in [2.05, 4.69) is 20.8 Å². The summed E-state index contributed by atoms with van der Waals surface area (Å²) in [7, 11) is 0. The van der Waals surface area contributed by atoms with Gasteiger partial charge < -0.3 is 19.8 Å². The molecule has 1 aromatic heterocycles. The van der Waals surface area contributed by atoms with E-state index in [0.717, 1.165) is 32.5 Å². The van der Waals surface area contributed by atoms with Crippen LogP contribution in [0.2, 0.25) is 0 Å². The lowest BCUT2D eigenvalue weighted by atomic mass is 10.3. The molecule has 1 atom stereocenters. The fourth-order valence-electron chi connectivity index (χ4n) is 1.62. The van der Waals surface area contributed by atoms with Gasteiger partial charge in [-0.15, -0.1) is 5.10 Å². The van der Waals surface area contributed by atoms with Gasteiger partial charge in [0, 0.05) is 13.2 Å². The molecule has 0 aromatic carbocycles. The van der Waals surface area contributed by atoms with Crippen LogP contribution >= 0.6 is 0 Å². The van der Waals surface area contributed by atoms with Gasteiger partial charge in [-0.3, -0.25) is 0 Å². The molecule has 0 aliphatic carbocycles. The molecule has 0 amide bonds. The summed E-state index contributed by atoms with van der Waals surface area (Å²) < 4.78 is 11.0. The van der Waals surface area contributed by atoms with E-state index in [9.17, 15) is 0 Å². The Morgan fingerprint density at radius 3 is 2.68 bits per heavy atom. The highest BCUT2D eigenvalue weighted by molar-refractivity contribution is 5.16. The van der Waals surface area contributed by atoms with Gasteiger partial charge in [-0.1, -0.05) is 12.0 Å². The van der Waals surface area contributed by atoms with Crippen LogP contribution in [0.4, 0.5) is 6.01 Å². The van der Waals surface area contributed by atoms with Crippen molar-refractivity contribution in [2.45, 2.75) is 52.7 Å². The highest BCUT2D eigenvalue weighted by Crippen LogP contribution is 2.13. The largest absolute Gasteiger partial charge is 0.406 e. The van der Waals surface area contributed by atoms with Crippen molar-refractivity contribution in [3.63, 3.8) is 0 Å². The van der Waals surface area contributed by atoms with Crippen molar-refractivity contribution in [1.29, 1.82) is 0 Å². The average Bonchev–Trinajstić information content (AvgIpc) is 2.82. The molecular formula is C13H26N4O2. The molecule has 1 heterocycles. The Labute approximate surface area is 115 Å². The Bertz CT molecular complexity index is 341. The van der Waals surface area contributed by atoms with E-state index in [-0.39, 0.29) is 6.04 Å². The molecule has 2 N–H and O–H groups in total. The molecule has 0 spiro atoms. The summed E-state index contributed by atoms with van der Waals surface area (Å²) in [4.78, 5) is 0. The number of nitrogens with zero attached hydrogens (tertiary/aromatic N) is 2. The third-order valence-corrected chi connectivity index (χ3v) is 2.62. The first-order chi connectivity index (χ1) is 9.13. The molecule has 110 valence electrons. The molecule has 0 aliphatic rings. The van der Waals surface area contributed by atoms with E-state index in [1.165, 1.54) is 0 Å². The van der Waals surface area contributed by atoms with Gasteiger partial charge in [0.05, 0.1) is 12.1 Å². The minimum atomic E-state index is 0.0903. The monoisotopic (exact) mass is 270 g/mol. The predicted octanol–water partition coefficient (Wildman–Crippen LogP) is 2.36. The first-order valence-corrected chi connectivity index (χ1v) is 7.05. The second-order valence-electron chi connectivity index (χ2n) is 4.78. The van der Waals surface area contributed by atoms with Gasteiger partial charge in [0.15, 0.2) is 0 Å². The summed E-state index contributed by atoms with van der Waals surface area (Å²) in [5, 5.41) is 14.3. The van der Waals surface area contributed by atoms with Crippen LogP contribution in [0, 0.1) is 0 Å². The maximum Gasteiger partial charge on any atom is 0.315 e. The van der Waals surface area contributed by atoms with Crippen LogP contribution in [-0.4, -0.2) is 36.0 Å². The second-order valence-corrected chi connectivity index (χ2v) is 4.78. The van der Waals surface area contributed by atoms with E-state index in [4.69, 9.17) is 9.15 Å². The molecule has 1 unspecified atom stereocenters. The van der Waals surface area contributed by atoms with Gasteiger partial charge in [-0.25, -0.2) is 0 Å². The van der Waals surface area contributed by atoms with Crippen LogP contribution in [0.3, 0.4) is 0 Å². The van der Waals surface area contributed by atoms with Crippen molar-refractivity contribution in [3.05, 3.63) is 5.89 Å². The third-order valence-electron chi connectivity index (χ3n) is 2.62. The van der Waals surface area contributed by atoms with Gasteiger partial charge in [0.25, 0.3) is 0 Å². The lowest BCUT2D eigenvalue weighted by Gasteiger charge is -2.07. The summed E-state index contributed by atoms with van der Waals surface area (Å²) in [6.45, 7) is 10.6. The smallest absolute Gasteiger partial charge is 0.315 e. The molecular weight excluding hydrogens is 244 g/mol. The van der Waals surface area contributed by atoms with Crippen molar-refractivity contribution < 1.29 is 9.15 Å². The molecule has 0 aliphatic heterocycles. The SMILES string of the molecule is CCNC(C)c1nnc(NCCCCOC(C)C)o1. The van der Waals surface area contributed by atoms with Gasteiger partial charge in [-0.05, 0) is 40.2 Å². The number of ether oxygens (including phenoxy) is 1. The molecule has 1 rings (SSSR count). The van der Waals surface area contributed by atoms with Gasteiger partial charge in [0.2, 0.25) is 5.89 Å². The van der Waals surface area contributed by atoms with E-state index < -0.39 is 0 Å². The van der Waals surface area contributed by atoms with Crippen molar-refractivity contribution in [1.82, 2.24) is 15.5 Å². The van der Waals surface area contributed by atoms with Crippen LogP contribution in [0.25, 0.3) is 0 Å². The Morgan fingerprint density at radius 1 is 1.21 bits per heavy atom. The number of hydrogen-bond acceptors (Lipinski definition) is 6. The van der Waals surface area contributed by atoms with Crippen LogP contribution in [0.5, 0.6) is 0 Å². The number of hydrogen-bond donors (Lipinski definition) is 2. The molecule has 0 saturated heterocycles. The number of aromatic nitrogens is 2. The fraction of sp³-hybridized carbons (Fsp3) is 0.846. The zero-order valence-corrected chi connectivity index (χ0v) is 12.4. The number of rotatable bonds is 10. The topological polar surface area (TPSA) is 72.2 Å². The van der Waals surface area contributed by atoms with E-state index in [1.807, 2.05) is 27.7 Å². The lowest BCUT2D eigenvalue weighted by molar-refractivity contribution is 0.0765. The van der Waals surface area contributed by atoms with Gasteiger partial charge >= 0.3 is 6.01 Å². The Morgan fingerprint density at radius 2 is 2.00 bits per heavy atom. The Balaban J connectivity index is 2.16. The highest BCUT2D eigenvalue weighted by atomic mass is 16.5. The summed E-state index contributed by atoms with van der Waals surface area (Å²) in [6, 6.07) is 0.581. The van der Waals surface area contributed by atoms with E-state index in [0.29, 0.717) is 18.0 Å². The summed E-state index contributed by atoms with van der Waals surface area (Å²) in [5.41, 5.74) is 0. The molecule has 6 heteroatoms. The lowest BCUT2D eigenvalue weighted by Crippen LogP contribution is -2.17. The predicted molar refractivity (Wildman–Crippen MR) is 75.2 cm³/mol. The van der Waals surface area contributed by atoms with Crippen LogP contribution in [0.15, 0.2) is 4.42 Å². The van der Waals surface area contributed by atoms with E-state index >= 15 is 0 Å². The molecule has 6 nitrogen and oxygen atoms in total. The van der Waals surface area contributed by atoms with Crippen molar-refractivity contribution >= 4 is 6.01 Å². The maximum atomic E-state index is 5.52. The highest BCUT2D eigenvalue weighted by Gasteiger charge is 2.11. The molecule has 0 saturated carbocycles. The Kier molecular flexibility index (Phi) is 7.43. The quantitative estimate of drug-likeness (QED) is 0.636. The standard InChI is InChI=1S/C13H26N4O2/c1-5-14-11(4)12-16-17-13(19-12)15-8-6-7-9-18-10(2)3/h10-11,14H,5-9H2,1-4H3,(H,15,17). The zero-order chi connectivity index (χ0) is 14.1. The van der Waals surface area contributed by atoms with Crippen LogP contribution < -0.4 is 10.6 Å². The van der Waals surface area contributed by atoms with Crippen LogP contribution in [-0.2, 0) is 4.74 Å². The first kappa shape index (κ1) is 15.9. The minimum absolute atomic E-state index is 0.0903. The number of anilines is 1. The number of nitrogens with one attached hydrogen (secondary N) is 2. The molecule has 0 radical (unpaired) electrons. The second kappa shape index (κ2) is 8.87. The summed E-state index contributed by atoms with van der Waals surface area (Å²) >= 11 is 0. The van der Waals surface area contributed by atoms with Gasteiger partial charge in [0.1, 0.15) is 0 Å². The zero-order valence-electron chi connectivity index (χ0n) is 12.4. The summed E-state index contributed by atoms with van der Waals surface area (Å²) in [5.74, 6) is 0.618. The molecule has 19 heavy (non-hydrogen) atoms. The fourth-order valence-corrected chi connectivity index (χ4v) is 1.62. The Hall–Kier alpha value is -1.14. The van der Waals surface area contributed by atoms with Crippen molar-refractivity contribution in [2.75, 3.05) is 25.0 Å². The van der Waals surface area contributed by atoms with E-state index in [1.54, 1.807) is 0 Å². The maximum absolute atomic E-state index is 5.52. The molecule has 1 aromatic rings. The van der Waals surface area contributed by atoms with Crippen molar-refractivity contribution in [2.24, 2.45) is 0 Å². The molecule has 0 fully saturated rings. The minimum Gasteiger partial charge on any atom is -0.406 e. The first-order valence-electron chi connectivity index (χ1n) is 7.05.